The van der Waals surface area contributed by atoms with Crippen molar-refractivity contribution in [2.75, 3.05) is 6.61 Å². The van der Waals surface area contributed by atoms with Crippen LogP contribution in [0.2, 0.25) is 0 Å². The van der Waals surface area contributed by atoms with Crippen LogP contribution in [0.25, 0.3) is 0 Å². The van der Waals surface area contributed by atoms with E-state index in [4.69, 9.17) is 0 Å². The number of aliphatic hydroxyl groups is 2. The minimum Gasteiger partial charge on any atom is -0.396 e. The highest BCUT2D eigenvalue weighted by molar-refractivity contribution is 5.22. The van der Waals surface area contributed by atoms with Gasteiger partial charge in [0, 0.05) is 5.41 Å². The molecule has 2 heteroatoms. The number of aliphatic hydroxyl groups excluding tert-OH is 2. The summed E-state index contributed by atoms with van der Waals surface area (Å²) >= 11 is 0. The third-order valence-corrected chi connectivity index (χ3v) is 8.73. The normalized spacial score (nSPS) is 57.4. The molecule has 2 bridgehead atoms. The third kappa shape index (κ3) is 1.69. The van der Waals surface area contributed by atoms with Gasteiger partial charge in [0.25, 0.3) is 0 Å². The molecule has 22 heavy (non-hydrogen) atoms. The second-order valence-corrected chi connectivity index (χ2v) is 9.54. The van der Waals surface area contributed by atoms with E-state index in [1.165, 1.54) is 44.1 Å². The van der Waals surface area contributed by atoms with Crippen molar-refractivity contribution < 1.29 is 10.2 Å². The Bertz CT molecular complexity index is 500. The van der Waals surface area contributed by atoms with Gasteiger partial charge in [-0.05, 0) is 80.0 Å². The maximum absolute atomic E-state index is 10.6. The molecule has 4 rings (SSSR count). The molecule has 2 N–H and O–H groups in total. The standard InChI is InChI=1S/C20H32O2/c1-13-10-20-9-6-15-18(2,16(20)5-4-14(13)11-20)8-7-17(22)19(15,3)12-21/h14-17,21-22H,1,4-12H2,2-3H3/t14-,15-,16-,17+,18+,19-,20+/m0/s1. The Hall–Kier alpha value is -0.340. The van der Waals surface area contributed by atoms with Gasteiger partial charge in [-0.3, -0.25) is 0 Å². The minimum atomic E-state index is -0.334. The van der Waals surface area contributed by atoms with Gasteiger partial charge in [0.1, 0.15) is 0 Å². The second-order valence-electron chi connectivity index (χ2n) is 9.54. The van der Waals surface area contributed by atoms with Gasteiger partial charge in [0.05, 0.1) is 12.7 Å². The fraction of sp³-hybridized carbons (Fsp3) is 0.900. The van der Waals surface area contributed by atoms with Crippen LogP contribution in [0.4, 0.5) is 0 Å². The van der Waals surface area contributed by atoms with E-state index < -0.39 is 0 Å². The lowest BCUT2D eigenvalue weighted by Crippen LogP contribution is -2.61. The molecular formula is C20H32O2. The van der Waals surface area contributed by atoms with Crippen molar-refractivity contribution in [1.82, 2.24) is 0 Å². The first kappa shape index (κ1) is 15.2. The second kappa shape index (κ2) is 4.60. The first-order chi connectivity index (χ1) is 10.4. The maximum Gasteiger partial charge on any atom is 0.0618 e. The molecule has 2 nitrogen and oxygen atoms in total. The molecule has 4 aliphatic rings. The van der Waals surface area contributed by atoms with Crippen LogP contribution in [0.5, 0.6) is 0 Å². The van der Waals surface area contributed by atoms with Crippen LogP contribution in [-0.4, -0.2) is 22.9 Å². The number of hydrogen-bond acceptors (Lipinski definition) is 2. The number of allylic oxidation sites excluding steroid dienone is 1. The largest absolute Gasteiger partial charge is 0.396 e. The molecule has 124 valence electrons. The van der Waals surface area contributed by atoms with Crippen LogP contribution < -0.4 is 0 Å². The fourth-order valence-electron chi connectivity index (χ4n) is 7.60. The Morgan fingerprint density at radius 1 is 1.09 bits per heavy atom. The third-order valence-electron chi connectivity index (χ3n) is 8.73. The number of fused-ring (bicyclic) bond motifs is 3. The zero-order chi connectivity index (χ0) is 15.8. The van der Waals surface area contributed by atoms with Crippen molar-refractivity contribution in [1.29, 1.82) is 0 Å². The highest BCUT2D eigenvalue weighted by Gasteiger charge is 2.65. The summed E-state index contributed by atoms with van der Waals surface area (Å²) in [7, 11) is 0. The first-order valence-electron chi connectivity index (χ1n) is 9.32. The van der Waals surface area contributed by atoms with E-state index in [0.29, 0.717) is 16.7 Å². The molecule has 4 saturated carbocycles. The zero-order valence-electron chi connectivity index (χ0n) is 14.3. The van der Waals surface area contributed by atoms with E-state index in [1.54, 1.807) is 0 Å². The first-order valence-corrected chi connectivity index (χ1v) is 9.32. The van der Waals surface area contributed by atoms with E-state index >= 15 is 0 Å². The lowest BCUT2D eigenvalue weighted by molar-refractivity contribution is -0.197. The van der Waals surface area contributed by atoms with Crippen LogP contribution in [-0.2, 0) is 0 Å². The predicted octanol–water partition coefficient (Wildman–Crippen LogP) is 3.92. The summed E-state index contributed by atoms with van der Waals surface area (Å²) in [6.07, 6.45) is 9.43. The van der Waals surface area contributed by atoms with E-state index in [1.807, 2.05) is 0 Å². The summed E-state index contributed by atoms with van der Waals surface area (Å²) in [5.41, 5.74) is 2.01. The summed E-state index contributed by atoms with van der Waals surface area (Å²) in [6.45, 7) is 9.14. The molecular weight excluding hydrogens is 272 g/mol. The Kier molecular flexibility index (Phi) is 3.18. The van der Waals surface area contributed by atoms with Crippen molar-refractivity contribution in [3.05, 3.63) is 12.2 Å². The van der Waals surface area contributed by atoms with Crippen molar-refractivity contribution >= 4 is 0 Å². The van der Waals surface area contributed by atoms with Gasteiger partial charge in [-0.15, -0.1) is 0 Å². The van der Waals surface area contributed by atoms with Gasteiger partial charge in [0.2, 0.25) is 0 Å². The SMILES string of the molecule is C=C1C[C@@]23CC[C@@H]4[C@](C)(CO)[C@H](O)CC[C@@]4(C)[C@@H]2CC[C@H]1C3. The van der Waals surface area contributed by atoms with Crippen molar-refractivity contribution in [2.45, 2.75) is 71.3 Å². The van der Waals surface area contributed by atoms with E-state index in [-0.39, 0.29) is 18.1 Å². The molecule has 0 aromatic carbocycles. The van der Waals surface area contributed by atoms with Gasteiger partial charge in [-0.1, -0.05) is 26.0 Å². The maximum atomic E-state index is 10.6. The predicted molar refractivity (Wildman–Crippen MR) is 88.3 cm³/mol. The van der Waals surface area contributed by atoms with E-state index in [9.17, 15) is 10.2 Å². The summed E-state index contributed by atoms with van der Waals surface area (Å²) in [4.78, 5) is 0. The fourth-order valence-corrected chi connectivity index (χ4v) is 7.60. The Morgan fingerprint density at radius 2 is 1.86 bits per heavy atom. The van der Waals surface area contributed by atoms with Gasteiger partial charge in [-0.2, -0.15) is 0 Å². The Labute approximate surface area is 135 Å². The number of rotatable bonds is 1. The van der Waals surface area contributed by atoms with Crippen molar-refractivity contribution in [3.63, 3.8) is 0 Å². The molecule has 4 fully saturated rings. The Balaban J connectivity index is 1.74. The molecule has 0 unspecified atom stereocenters. The lowest BCUT2D eigenvalue weighted by Gasteiger charge is -2.65. The minimum absolute atomic E-state index is 0.128. The molecule has 0 aromatic rings. The lowest BCUT2D eigenvalue weighted by atomic mass is 9.40. The highest BCUT2D eigenvalue weighted by atomic mass is 16.3. The molecule has 7 atom stereocenters. The van der Waals surface area contributed by atoms with Crippen LogP contribution in [0.3, 0.4) is 0 Å². The molecule has 0 amide bonds. The molecule has 1 spiro atoms. The molecule has 0 aromatic heterocycles. The average Bonchev–Trinajstić information content (AvgIpc) is 2.73. The molecule has 0 heterocycles. The van der Waals surface area contributed by atoms with Crippen LogP contribution in [0.1, 0.15) is 65.2 Å². The zero-order valence-corrected chi connectivity index (χ0v) is 14.3. The smallest absolute Gasteiger partial charge is 0.0618 e. The quantitative estimate of drug-likeness (QED) is 0.721. The van der Waals surface area contributed by atoms with Gasteiger partial charge >= 0.3 is 0 Å². The van der Waals surface area contributed by atoms with E-state index in [2.05, 4.69) is 20.4 Å². The van der Waals surface area contributed by atoms with Gasteiger partial charge in [0.15, 0.2) is 0 Å². The van der Waals surface area contributed by atoms with Crippen LogP contribution in [0.15, 0.2) is 12.2 Å². The Morgan fingerprint density at radius 3 is 2.59 bits per heavy atom. The average molecular weight is 304 g/mol. The molecule has 0 aliphatic heterocycles. The van der Waals surface area contributed by atoms with Gasteiger partial charge in [-0.25, -0.2) is 0 Å². The highest BCUT2D eigenvalue weighted by Crippen LogP contribution is 2.72. The van der Waals surface area contributed by atoms with Gasteiger partial charge < -0.3 is 10.2 Å². The summed E-state index contributed by atoms with van der Waals surface area (Å²) in [6, 6.07) is 0. The van der Waals surface area contributed by atoms with Crippen LogP contribution >= 0.6 is 0 Å². The molecule has 4 aliphatic carbocycles. The summed E-state index contributed by atoms with van der Waals surface area (Å²) in [5, 5.41) is 20.6. The number of hydrogen-bond donors (Lipinski definition) is 2. The summed E-state index contributed by atoms with van der Waals surface area (Å²) in [5.74, 6) is 2.03. The summed E-state index contributed by atoms with van der Waals surface area (Å²) < 4.78 is 0. The van der Waals surface area contributed by atoms with Crippen molar-refractivity contribution in [3.8, 4) is 0 Å². The van der Waals surface area contributed by atoms with Crippen molar-refractivity contribution in [2.24, 2.45) is 34.0 Å². The monoisotopic (exact) mass is 304 g/mol. The van der Waals surface area contributed by atoms with E-state index in [0.717, 1.165) is 24.7 Å². The molecule has 0 saturated heterocycles. The topological polar surface area (TPSA) is 40.5 Å². The molecule has 0 radical (unpaired) electrons. The van der Waals surface area contributed by atoms with Crippen LogP contribution in [0, 0.1) is 34.0 Å².